The molecule has 0 radical (unpaired) electrons. The lowest BCUT2D eigenvalue weighted by molar-refractivity contribution is -0.136. The molecule has 1 unspecified atom stereocenters. The Hall–Kier alpha value is -2.17. The third kappa shape index (κ3) is 4.91. The Bertz CT molecular complexity index is 583. The van der Waals surface area contributed by atoms with Gasteiger partial charge in [-0.1, -0.05) is 60.7 Å². The smallest absolute Gasteiger partial charge is 0.225 e. The SMILES string of the molecule is O=C(CC1CNCCO1)N(Cc1ccccc1)Cc1ccccc1. The van der Waals surface area contributed by atoms with Crippen molar-refractivity contribution < 1.29 is 9.53 Å². The van der Waals surface area contributed by atoms with E-state index in [1.807, 2.05) is 41.3 Å². The molecule has 0 saturated carbocycles. The van der Waals surface area contributed by atoms with Gasteiger partial charge in [-0.15, -0.1) is 0 Å². The van der Waals surface area contributed by atoms with Crippen molar-refractivity contribution in [3.05, 3.63) is 71.8 Å². The summed E-state index contributed by atoms with van der Waals surface area (Å²) in [5.41, 5.74) is 2.29. The zero-order valence-electron chi connectivity index (χ0n) is 13.9. The Kier molecular flexibility index (Phi) is 5.99. The molecule has 1 saturated heterocycles. The van der Waals surface area contributed by atoms with E-state index in [-0.39, 0.29) is 12.0 Å². The summed E-state index contributed by atoms with van der Waals surface area (Å²) in [5.74, 6) is 0.136. The minimum absolute atomic E-state index is 0.0275. The van der Waals surface area contributed by atoms with E-state index in [0.717, 1.165) is 24.2 Å². The minimum Gasteiger partial charge on any atom is -0.375 e. The van der Waals surface area contributed by atoms with Crippen LogP contribution < -0.4 is 5.32 Å². The molecule has 1 fully saturated rings. The van der Waals surface area contributed by atoms with Gasteiger partial charge in [0.25, 0.3) is 0 Å². The van der Waals surface area contributed by atoms with Crippen molar-refractivity contribution in [1.82, 2.24) is 10.2 Å². The average Bonchev–Trinajstić information content (AvgIpc) is 2.64. The summed E-state index contributed by atoms with van der Waals surface area (Å²) in [7, 11) is 0. The van der Waals surface area contributed by atoms with E-state index >= 15 is 0 Å². The summed E-state index contributed by atoms with van der Waals surface area (Å²) >= 11 is 0. The standard InChI is InChI=1S/C20H24N2O2/c23-20(13-19-14-21-11-12-24-19)22(15-17-7-3-1-4-8-17)16-18-9-5-2-6-10-18/h1-10,19,21H,11-16H2. The zero-order chi connectivity index (χ0) is 16.6. The first kappa shape index (κ1) is 16.7. The largest absolute Gasteiger partial charge is 0.375 e. The van der Waals surface area contributed by atoms with Gasteiger partial charge in [-0.2, -0.15) is 0 Å². The second-order valence-corrected chi connectivity index (χ2v) is 6.12. The summed E-state index contributed by atoms with van der Waals surface area (Å²) < 4.78 is 5.69. The molecule has 1 aliphatic heterocycles. The van der Waals surface area contributed by atoms with Crippen molar-refractivity contribution in [1.29, 1.82) is 0 Å². The number of nitrogens with zero attached hydrogens (tertiary/aromatic N) is 1. The fourth-order valence-corrected chi connectivity index (χ4v) is 2.91. The normalized spacial score (nSPS) is 17.4. The molecule has 0 aliphatic carbocycles. The van der Waals surface area contributed by atoms with Crippen molar-refractivity contribution in [2.75, 3.05) is 19.7 Å². The second kappa shape index (κ2) is 8.62. The topological polar surface area (TPSA) is 41.6 Å². The summed E-state index contributed by atoms with van der Waals surface area (Å²) in [4.78, 5) is 14.8. The van der Waals surface area contributed by atoms with E-state index in [0.29, 0.717) is 26.1 Å². The van der Waals surface area contributed by atoms with Crippen LogP contribution in [0.15, 0.2) is 60.7 Å². The molecule has 1 aliphatic rings. The van der Waals surface area contributed by atoms with Gasteiger partial charge >= 0.3 is 0 Å². The molecule has 126 valence electrons. The van der Waals surface area contributed by atoms with Gasteiger partial charge in [0.2, 0.25) is 5.91 Å². The Labute approximate surface area is 143 Å². The molecule has 0 bridgehead atoms. The highest BCUT2D eigenvalue weighted by atomic mass is 16.5. The van der Waals surface area contributed by atoms with Crippen molar-refractivity contribution in [2.24, 2.45) is 0 Å². The number of carbonyl (C=O) groups excluding carboxylic acids is 1. The number of hydrogen-bond acceptors (Lipinski definition) is 3. The predicted octanol–water partition coefficient (Wildman–Crippen LogP) is 2.59. The maximum Gasteiger partial charge on any atom is 0.225 e. The predicted molar refractivity (Wildman–Crippen MR) is 94.4 cm³/mol. The number of rotatable bonds is 6. The first-order chi connectivity index (χ1) is 11.8. The molecule has 1 heterocycles. The summed E-state index contributed by atoms with van der Waals surface area (Å²) in [5, 5.41) is 3.28. The molecule has 4 nitrogen and oxygen atoms in total. The van der Waals surface area contributed by atoms with Crippen LogP contribution in [0.2, 0.25) is 0 Å². The summed E-state index contributed by atoms with van der Waals surface area (Å²) in [6, 6.07) is 20.3. The number of nitrogens with one attached hydrogen (secondary N) is 1. The average molecular weight is 324 g/mol. The fourth-order valence-electron chi connectivity index (χ4n) is 2.91. The molecule has 2 aromatic carbocycles. The van der Waals surface area contributed by atoms with Gasteiger partial charge in [0.05, 0.1) is 19.1 Å². The van der Waals surface area contributed by atoms with Crippen LogP contribution in [0.1, 0.15) is 17.5 Å². The number of carbonyl (C=O) groups is 1. The van der Waals surface area contributed by atoms with Crippen LogP contribution >= 0.6 is 0 Å². The van der Waals surface area contributed by atoms with E-state index in [2.05, 4.69) is 29.6 Å². The van der Waals surface area contributed by atoms with Gasteiger partial charge in [0, 0.05) is 26.2 Å². The van der Waals surface area contributed by atoms with Crippen LogP contribution in [0.3, 0.4) is 0 Å². The monoisotopic (exact) mass is 324 g/mol. The third-order valence-corrected chi connectivity index (χ3v) is 4.19. The van der Waals surface area contributed by atoms with Crippen molar-refractivity contribution in [2.45, 2.75) is 25.6 Å². The lowest BCUT2D eigenvalue weighted by atomic mass is 10.1. The van der Waals surface area contributed by atoms with Gasteiger partial charge in [0.15, 0.2) is 0 Å². The lowest BCUT2D eigenvalue weighted by Gasteiger charge is -2.28. The highest BCUT2D eigenvalue weighted by Gasteiger charge is 2.22. The third-order valence-electron chi connectivity index (χ3n) is 4.19. The van der Waals surface area contributed by atoms with Crippen molar-refractivity contribution in [3.63, 3.8) is 0 Å². The van der Waals surface area contributed by atoms with Gasteiger partial charge < -0.3 is 15.0 Å². The Morgan fingerprint density at radius 2 is 1.58 bits per heavy atom. The molecule has 0 aromatic heterocycles. The number of amides is 1. The van der Waals surface area contributed by atoms with Crippen LogP contribution in [0.25, 0.3) is 0 Å². The first-order valence-electron chi connectivity index (χ1n) is 8.49. The molecular formula is C20H24N2O2. The van der Waals surface area contributed by atoms with E-state index < -0.39 is 0 Å². The molecular weight excluding hydrogens is 300 g/mol. The highest BCUT2D eigenvalue weighted by Crippen LogP contribution is 2.13. The Morgan fingerprint density at radius 3 is 2.08 bits per heavy atom. The van der Waals surface area contributed by atoms with Crippen LogP contribution in [-0.4, -0.2) is 36.6 Å². The molecule has 1 atom stereocenters. The van der Waals surface area contributed by atoms with Crippen LogP contribution in [0.5, 0.6) is 0 Å². The zero-order valence-corrected chi connectivity index (χ0v) is 13.9. The van der Waals surface area contributed by atoms with Gasteiger partial charge in [-0.25, -0.2) is 0 Å². The van der Waals surface area contributed by atoms with Crippen molar-refractivity contribution >= 4 is 5.91 Å². The Morgan fingerprint density at radius 1 is 1.00 bits per heavy atom. The quantitative estimate of drug-likeness (QED) is 0.888. The highest BCUT2D eigenvalue weighted by molar-refractivity contribution is 5.76. The molecule has 1 N–H and O–H groups in total. The van der Waals surface area contributed by atoms with Gasteiger partial charge in [-0.3, -0.25) is 4.79 Å². The van der Waals surface area contributed by atoms with E-state index in [1.165, 1.54) is 0 Å². The number of morpholine rings is 1. The molecule has 2 aromatic rings. The lowest BCUT2D eigenvalue weighted by Crippen LogP contribution is -2.42. The number of ether oxygens (including phenoxy) is 1. The second-order valence-electron chi connectivity index (χ2n) is 6.12. The van der Waals surface area contributed by atoms with E-state index in [9.17, 15) is 4.79 Å². The molecule has 3 rings (SSSR count). The maximum atomic E-state index is 12.8. The molecule has 1 amide bonds. The number of benzene rings is 2. The van der Waals surface area contributed by atoms with Crippen LogP contribution in [-0.2, 0) is 22.6 Å². The molecule has 24 heavy (non-hydrogen) atoms. The Balaban J connectivity index is 1.69. The van der Waals surface area contributed by atoms with Gasteiger partial charge in [-0.05, 0) is 11.1 Å². The van der Waals surface area contributed by atoms with Crippen LogP contribution in [0, 0.1) is 0 Å². The molecule has 4 heteroatoms. The molecule has 0 spiro atoms. The van der Waals surface area contributed by atoms with Crippen LogP contribution in [0.4, 0.5) is 0 Å². The van der Waals surface area contributed by atoms with E-state index in [4.69, 9.17) is 4.74 Å². The van der Waals surface area contributed by atoms with E-state index in [1.54, 1.807) is 0 Å². The summed E-state index contributed by atoms with van der Waals surface area (Å²) in [6.07, 6.45) is 0.396. The minimum atomic E-state index is -0.0275. The van der Waals surface area contributed by atoms with Crippen molar-refractivity contribution in [3.8, 4) is 0 Å². The van der Waals surface area contributed by atoms with Gasteiger partial charge in [0.1, 0.15) is 0 Å². The number of hydrogen-bond donors (Lipinski definition) is 1. The fraction of sp³-hybridized carbons (Fsp3) is 0.350. The summed E-state index contributed by atoms with van der Waals surface area (Å²) in [6.45, 7) is 3.53. The first-order valence-corrected chi connectivity index (χ1v) is 8.49. The maximum absolute atomic E-state index is 12.8.